The fourth-order valence-electron chi connectivity index (χ4n) is 4.04. The van der Waals surface area contributed by atoms with Crippen molar-refractivity contribution in [3.8, 4) is 5.75 Å². The number of ether oxygens (including phenoxy) is 1. The molecule has 1 saturated heterocycles. The number of para-hydroxylation sites is 1. The Hall–Kier alpha value is -3.76. The predicted octanol–water partition coefficient (Wildman–Crippen LogP) is 3.45. The van der Waals surface area contributed by atoms with E-state index in [1.54, 1.807) is 42.7 Å². The van der Waals surface area contributed by atoms with Crippen LogP contribution < -0.4 is 15.4 Å². The molecule has 2 heterocycles. The van der Waals surface area contributed by atoms with Crippen LogP contribution in [-0.2, 0) is 16.6 Å². The minimum absolute atomic E-state index is 0.0258. The summed E-state index contributed by atoms with van der Waals surface area (Å²) in [4.78, 5) is 30.2. The molecular weight excluding hydrogens is 480 g/mol. The number of carbonyl (C=O) groups excluding carboxylic acids is 2. The number of benzene rings is 2. The van der Waals surface area contributed by atoms with Crippen LogP contribution in [0.4, 0.5) is 5.69 Å². The van der Waals surface area contributed by atoms with E-state index in [4.69, 9.17) is 4.74 Å². The van der Waals surface area contributed by atoms with Crippen molar-refractivity contribution in [2.24, 2.45) is 0 Å². The minimum Gasteiger partial charge on any atom is -0.496 e. The predicted molar refractivity (Wildman–Crippen MR) is 135 cm³/mol. The van der Waals surface area contributed by atoms with Gasteiger partial charge in [0.25, 0.3) is 11.8 Å². The molecule has 0 spiro atoms. The van der Waals surface area contributed by atoms with Gasteiger partial charge in [0, 0.05) is 32.0 Å². The minimum atomic E-state index is -3.74. The highest BCUT2D eigenvalue weighted by Crippen LogP contribution is 2.27. The second-order valence-electron chi connectivity index (χ2n) is 8.37. The van der Waals surface area contributed by atoms with Crippen molar-refractivity contribution in [1.82, 2.24) is 14.6 Å². The van der Waals surface area contributed by atoms with Crippen LogP contribution in [0.3, 0.4) is 0 Å². The van der Waals surface area contributed by atoms with Crippen LogP contribution in [0, 0.1) is 0 Å². The number of rotatable bonds is 8. The SMILES string of the molecule is COc1ccc(S(=O)(=O)N2CCCCC2)cc1C(=O)Nc1ccccc1C(=O)NCc1cccnc1. The molecule has 0 radical (unpaired) electrons. The highest BCUT2D eigenvalue weighted by Gasteiger charge is 2.28. The molecule has 3 aromatic rings. The fourth-order valence-corrected chi connectivity index (χ4v) is 5.58. The van der Waals surface area contributed by atoms with Gasteiger partial charge in [0.05, 0.1) is 28.8 Å². The van der Waals surface area contributed by atoms with Crippen molar-refractivity contribution in [1.29, 1.82) is 0 Å². The molecule has 2 amide bonds. The van der Waals surface area contributed by atoms with E-state index in [2.05, 4.69) is 15.6 Å². The molecule has 1 aliphatic heterocycles. The summed E-state index contributed by atoms with van der Waals surface area (Å²) in [6, 6.07) is 14.5. The van der Waals surface area contributed by atoms with Gasteiger partial charge in [-0.1, -0.05) is 24.6 Å². The van der Waals surface area contributed by atoms with Crippen LogP contribution in [0.5, 0.6) is 5.75 Å². The monoisotopic (exact) mass is 508 g/mol. The highest BCUT2D eigenvalue weighted by atomic mass is 32.2. The van der Waals surface area contributed by atoms with Gasteiger partial charge in [-0.3, -0.25) is 14.6 Å². The third-order valence-electron chi connectivity index (χ3n) is 5.96. The van der Waals surface area contributed by atoms with Crippen molar-refractivity contribution < 1.29 is 22.7 Å². The van der Waals surface area contributed by atoms with Crippen molar-refractivity contribution in [3.63, 3.8) is 0 Å². The maximum Gasteiger partial charge on any atom is 0.259 e. The second kappa shape index (κ2) is 11.3. The highest BCUT2D eigenvalue weighted by molar-refractivity contribution is 7.89. The molecule has 1 aliphatic rings. The van der Waals surface area contributed by atoms with Crippen molar-refractivity contribution in [3.05, 3.63) is 83.7 Å². The Morgan fingerprint density at radius 2 is 1.75 bits per heavy atom. The van der Waals surface area contributed by atoms with Gasteiger partial charge in [0.15, 0.2) is 0 Å². The number of pyridine rings is 1. The van der Waals surface area contributed by atoms with E-state index < -0.39 is 15.9 Å². The first-order valence-corrected chi connectivity index (χ1v) is 13.1. The number of nitrogens with one attached hydrogen (secondary N) is 2. The summed E-state index contributed by atoms with van der Waals surface area (Å²) < 4.78 is 33.1. The Labute approximate surface area is 210 Å². The molecule has 0 aliphatic carbocycles. The number of anilines is 1. The van der Waals surface area contributed by atoms with Crippen LogP contribution in [-0.4, -0.2) is 49.7 Å². The lowest BCUT2D eigenvalue weighted by Gasteiger charge is -2.26. The molecule has 10 heteroatoms. The Morgan fingerprint density at radius 1 is 0.972 bits per heavy atom. The number of methoxy groups -OCH3 is 1. The summed E-state index contributed by atoms with van der Waals surface area (Å²) in [6.45, 7) is 1.19. The van der Waals surface area contributed by atoms with Crippen LogP contribution >= 0.6 is 0 Å². The molecule has 0 atom stereocenters. The van der Waals surface area contributed by atoms with E-state index >= 15 is 0 Å². The molecule has 0 bridgehead atoms. The molecule has 9 nitrogen and oxygen atoms in total. The zero-order valence-corrected chi connectivity index (χ0v) is 20.8. The first kappa shape index (κ1) is 25.3. The molecule has 188 valence electrons. The maximum absolute atomic E-state index is 13.3. The summed E-state index contributed by atoms with van der Waals surface area (Å²) in [5, 5.41) is 5.56. The molecule has 0 saturated carbocycles. The van der Waals surface area contributed by atoms with E-state index in [1.807, 2.05) is 6.07 Å². The molecule has 1 fully saturated rings. The normalized spacial score (nSPS) is 14.1. The van der Waals surface area contributed by atoms with Gasteiger partial charge in [-0.2, -0.15) is 4.31 Å². The molecule has 36 heavy (non-hydrogen) atoms. The second-order valence-corrected chi connectivity index (χ2v) is 10.3. The maximum atomic E-state index is 13.3. The Morgan fingerprint density at radius 3 is 2.47 bits per heavy atom. The Balaban J connectivity index is 1.56. The first-order valence-electron chi connectivity index (χ1n) is 11.7. The number of aromatic nitrogens is 1. The van der Waals surface area contributed by atoms with E-state index in [0.717, 1.165) is 24.8 Å². The summed E-state index contributed by atoms with van der Waals surface area (Å²) in [5.74, 6) is -0.734. The standard InChI is InChI=1S/C26H28N4O5S/c1-35-24-12-11-20(36(33,34)30-14-5-2-6-15-30)16-22(24)26(32)29-23-10-4-3-9-21(23)25(31)28-18-19-8-7-13-27-17-19/h3-4,7-13,16-17H,2,5-6,14-15,18H2,1H3,(H,28,31)(H,29,32). The number of carbonyl (C=O) groups is 2. The van der Waals surface area contributed by atoms with Crippen LogP contribution in [0.25, 0.3) is 0 Å². The number of hydrogen-bond acceptors (Lipinski definition) is 6. The van der Waals surface area contributed by atoms with Crippen molar-refractivity contribution in [2.75, 3.05) is 25.5 Å². The summed E-state index contributed by atoms with van der Waals surface area (Å²) in [6.07, 6.45) is 5.92. The van der Waals surface area contributed by atoms with Gasteiger partial charge in [0.1, 0.15) is 5.75 Å². The number of hydrogen-bond donors (Lipinski definition) is 2. The van der Waals surface area contributed by atoms with Crippen molar-refractivity contribution in [2.45, 2.75) is 30.7 Å². The lowest BCUT2D eigenvalue weighted by atomic mass is 10.1. The zero-order chi connectivity index (χ0) is 25.5. The number of amides is 2. The third-order valence-corrected chi connectivity index (χ3v) is 7.86. The molecular formula is C26H28N4O5S. The van der Waals surface area contributed by atoms with Gasteiger partial charge in [-0.05, 0) is 54.8 Å². The lowest BCUT2D eigenvalue weighted by molar-refractivity contribution is 0.0951. The number of piperidine rings is 1. The van der Waals surface area contributed by atoms with Crippen LogP contribution in [0.15, 0.2) is 71.9 Å². The summed E-state index contributed by atoms with van der Waals surface area (Å²) >= 11 is 0. The largest absolute Gasteiger partial charge is 0.496 e. The van der Waals surface area contributed by atoms with Gasteiger partial charge in [-0.15, -0.1) is 0 Å². The summed E-state index contributed by atoms with van der Waals surface area (Å²) in [5.41, 5.74) is 1.45. The Kier molecular flexibility index (Phi) is 7.97. The average molecular weight is 509 g/mol. The quantitative estimate of drug-likeness (QED) is 0.481. The van der Waals surface area contributed by atoms with Crippen molar-refractivity contribution >= 4 is 27.5 Å². The first-order chi connectivity index (χ1) is 17.4. The molecule has 1 aromatic heterocycles. The van der Waals surface area contributed by atoms with E-state index in [1.165, 1.54) is 29.6 Å². The molecule has 4 rings (SSSR count). The lowest BCUT2D eigenvalue weighted by Crippen LogP contribution is -2.35. The van der Waals surface area contributed by atoms with Gasteiger partial charge >= 0.3 is 0 Å². The number of sulfonamides is 1. The van der Waals surface area contributed by atoms with Gasteiger partial charge < -0.3 is 15.4 Å². The average Bonchev–Trinajstić information content (AvgIpc) is 2.92. The zero-order valence-electron chi connectivity index (χ0n) is 19.9. The van der Waals surface area contributed by atoms with Gasteiger partial charge in [0.2, 0.25) is 10.0 Å². The summed E-state index contributed by atoms with van der Waals surface area (Å²) in [7, 11) is -2.34. The van der Waals surface area contributed by atoms with E-state index in [0.29, 0.717) is 13.1 Å². The number of nitrogens with zero attached hydrogens (tertiary/aromatic N) is 2. The topological polar surface area (TPSA) is 118 Å². The Bertz CT molecular complexity index is 1340. The third kappa shape index (κ3) is 5.72. The van der Waals surface area contributed by atoms with Crippen LogP contribution in [0.1, 0.15) is 45.5 Å². The smallest absolute Gasteiger partial charge is 0.259 e. The molecule has 0 unspecified atom stereocenters. The molecule has 2 aromatic carbocycles. The van der Waals surface area contributed by atoms with E-state index in [-0.39, 0.29) is 39.9 Å². The van der Waals surface area contributed by atoms with E-state index in [9.17, 15) is 18.0 Å². The van der Waals surface area contributed by atoms with Gasteiger partial charge in [-0.25, -0.2) is 8.42 Å². The van der Waals surface area contributed by atoms with Crippen LogP contribution in [0.2, 0.25) is 0 Å². The fraction of sp³-hybridized carbons (Fsp3) is 0.269. The molecule has 2 N–H and O–H groups in total.